The Morgan fingerprint density at radius 1 is 0.946 bits per heavy atom. The van der Waals surface area contributed by atoms with Crippen molar-refractivity contribution >= 4 is 29.1 Å². The minimum atomic E-state index is -4.54. The van der Waals surface area contributed by atoms with Gasteiger partial charge in [0, 0.05) is 30.7 Å². The third-order valence-corrected chi connectivity index (χ3v) is 5.43. The lowest BCUT2D eigenvalue weighted by Crippen LogP contribution is -2.32. The van der Waals surface area contributed by atoms with Crippen molar-refractivity contribution in [3.63, 3.8) is 0 Å². The number of carboxylic acid groups (broad SMARTS) is 1. The van der Waals surface area contributed by atoms with Gasteiger partial charge in [-0.2, -0.15) is 13.2 Å². The van der Waals surface area contributed by atoms with E-state index in [4.69, 9.17) is 0 Å². The zero-order valence-electron chi connectivity index (χ0n) is 21.1. The third kappa shape index (κ3) is 7.28. The van der Waals surface area contributed by atoms with E-state index in [1.807, 2.05) is 6.07 Å². The Bertz CT molecular complexity index is 1240. The second-order valence-corrected chi connectivity index (χ2v) is 9.62. The van der Waals surface area contributed by atoms with Crippen molar-refractivity contribution in [1.29, 1.82) is 0 Å². The molecule has 3 aromatic rings. The molecule has 2 aromatic carbocycles. The highest BCUT2D eigenvalue weighted by Gasteiger charge is 2.30. The van der Waals surface area contributed by atoms with Gasteiger partial charge in [-0.05, 0) is 60.4 Å². The van der Waals surface area contributed by atoms with E-state index in [9.17, 15) is 27.9 Å². The lowest BCUT2D eigenvalue weighted by Gasteiger charge is -2.31. The van der Waals surface area contributed by atoms with E-state index < -0.39 is 23.7 Å². The van der Waals surface area contributed by atoms with E-state index in [1.54, 1.807) is 24.4 Å². The zero-order valence-corrected chi connectivity index (χ0v) is 21.1. The maximum absolute atomic E-state index is 13.1. The number of rotatable bonds is 9. The van der Waals surface area contributed by atoms with Crippen LogP contribution >= 0.6 is 0 Å². The van der Waals surface area contributed by atoms with Crippen molar-refractivity contribution in [3.8, 4) is 5.69 Å². The predicted molar refractivity (Wildman–Crippen MR) is 139 cm³/mol. The Labute approximate surface area is 213 Å². The van der Waals surface area contributed by atoms with Crippen LogP contribution in [0.5, 0.6) is 0 Å². The van der Waals surface area contributed by atoms with Crippen LogP contribution in [0.4, 0.5) is 35.0 Å². The Balaban J connectivity index is 2.00. The summed E-state index contributed by atoms with van der Waals surface area (Å²) in [6.45, 7) is 9.71. The van der Waals surface area contributed by atoms with Crippen molar-refractivity contribution in [2.45, 2.75) is 33.9 Å². The molecule has 3 rings (SSSR count). The van der Waals surface area contributed by atoms with Crippen LogP contribution < -0.4 is 15.5 Å². The molecule has 0 saturated carbocycles. The topological polar surface area (TPSA) is 86.6 Å². The van der Waals surface area contributed by atoms with Crippen LogP contribution in [0.1, 0.15) is 43.7 Å². The van der Waals surface area contributed by atoms with E-state index in [0.29, 0.717) is 36.3 Å². The summed E-state index contributed by atoms with van der Waals surface area (Å²) in [6, 6.07) is 12.0. The summed E-state index contributed by atoms with van der Waals surface area (Å²) in [5.74, 6) is -0.478. The molecule has 0 fully saturated rings. The lowest BCUT2D eigenvalue weighted by atomic mass is 10.1. The minimum absolute atomic E-state index is 0.00943. The van der Waals surface area contributed by atoms with E-state index >= 15 is 0 Å². The van der Waals surface area contributed by atoms with Gasteiger partial charge in [-0.1, -0.05) is 33.8 Å². The average molecular weight is 517 g/mol. The van der Waals surface area contributed by atoms with Gasteiger partial charge in [0.15, 0.2) is 0 Å². The Morgan fingerprint density at radius 2 is 1.62 bits per heavy atom. The maximum Gasteiger partial charge on any atom is 0.416 e. The molecule has 2 amide bonds. The number of aromatic nitrogens is 1. The smallest absolute Gasteiger partial charge is 0.416 e. The van der Waals surface area contributed by atoms with Gasteiger partial charge in [-0.25, -0.2) is 9.59 Å². The third-order valence-electron chi connectivity index (χ3n) is 5.43. The molecule has 0 bridgehead atoms. The van der Waals surface area contributed by atoms with Gasteiger partial charge in [-0.3, -0.25) is 0 Å². The Kier molecular flexibility index (Phi) is 8.52. The highest BCUT2D eigenvalue weighted by atomic mass is 19.4. The van der Waals surface area contributed by atoms with E-state index in [0.717, 1.165) is 17.8 Å². The first-order chi connectivity index (χ1) is 17.3. The van der Waals surface area contributed by atoms with Gasteiger partial charge >= 0.3 is 18.2 Å². The highest BCUT2D eigenvalue weighted by Crippen LogP contribution is 2.32. The number of carboxylic acids is 1. The molecule has 0 atom stereocenters. The van der Waals surface area contributed by atoms with E-state index in [2.05, 4.69) is 43.2 Å². The van der Waals surface area contributed by atoms with Gasteiger partial charge in [0.05, 0.1) is 16.9 Å². The molecule has 0 spiro atoms. The van der Waals surface area contributed by atoms with Gasteiger partial charge in [-0.15, -0.1) is 0 Å². The molecule has 0 aliphatic heterocycles. The number of anilines is 3. The summed E-state index contributed by atoms with van der Waals surface area (Å²) >= 11 is 0. The molecule has 0 radical (unpaired) electrons. The van der Waals surface area contributed by atoms with Crippen LogP contribution in [0, 0.1) is 11.8 Å². The predicted octanol–water partition coefficient (Wildman–Crippen LogP) is 6.96. The van der Waals surface area contributed by atoms with Crippen LogP contribution in [0.2, 0.25) is 0 Å². The summed E-state index contributed by atoms with van der Waals surface area (Å²) in [5, 5.41) is 14.8. The van der Waals surface area contributed by atoms with Crippen LogP contribution in [0.3, 0.4) is 0 Å². The van der Waals surface area contributed by atoms with Crippen LogP contribution in [-0.4, -0.2) is 34.8 Å². The molecule has 0 unspecified atom stereocenters. The average Bonchev–Trinajstić information content (AvgIpc) is 3.28. The second kappa shape index (κ2) is 11.4. The number of benzene rings is 2. The zero-order chi connectivity index (χ0) is 27.3. The van der Waals surface area contributed by atoms with Crippen LogP contribution in [0.25, 0.3) is 5.69 Å². The number of carbonyl (C=O) groups is 2. The van der Waals surface area contributed by atoms with Crippen molar-refractivity contribution in [3.05, 3.63) is 72.1 Å². The molecule has 10 heteroatoms. The number of halogens is 3. The Morgan fingerprint density at radius 3 is 2.22 bits per heavy atom. The molecular weight excluding hydrogens is 485 g/mol. The molecule has 1 aromatic heterocycles. The molecule has 198 valence electrons. The number of hydrogen-bond donors (Lipinski definition) is 3. The number of aromatic carboxylic acids is 1. The molecular formula is C27H31F3N4O3. The summed E-state index contributed by atoms with van der Waals surface area (Å²) in [6.07, 6.45) is -2.94. The largest absolute Gasteiger partial charge is 0.477 e. The molecule has 3 N–H and O–H groups in total. The number of carbonyl (C=O) groups excluding carboxylic acids is 1. The maximum atomic E-state index is 13.1. The highest BCUT2D eigenvalue weighted by molar-refractivity contribution is 6.02. The SMILES string of the molecule is CC(C)CN(CC(C)C)c1ccc(-n2cccc2C(=O)O)cc1NC(=O)Nc1cccc(C(F)(F)F)c1. The second-order valence-electron chi connectivity index (χ2n) is 9.62. The van der Waals surface area contributed by atoms with E-state index in [-0.39, 0.29) is 11.4 Å². The lowest BCUT2D eigenvalue weighted by molar-refractivity contribution is -0.137. The van der Waals surface area contributed by atoms with Crippen molar-refractivity contribution in [2.24, 2.45) is 11.8 Å². The standard InChI is InChI=1S/C27H31F3N4O3/c1-17(2)15-33(16-18(3)4)23-11-10-21(34-12-6-9-24(34)25(35)36)14-22(23)32-26(37)31-20-8-5-7-19(13-20)27(28,29)30/h5-14,17-18H,15-16H2,1-4H3,(H,35,36)(H2,31,32,37). The number of urea groups is 1. The van der Waals surface area contributed by atoms with Crippen molar-refractivity contribution in [2.75, 3.05) is 28.6 Å². The van der Waals surface area contributed by atoms with Gasteiger partial charge in [0.1, 0.15) is 5.69 Å². The van der Waals surface area contributed by atoms with Crippen LogP contribution in [-0.2, 0) is 6.18 Å². The van der Waals surface area contributed by atoms with Crippen molar-refractivity contribution < 1.29 is 27.9 Å². The number of hydrogen-bond acceptors (Lipinski definition) is 3. The molecule has 37 heavy (non-hydrogen) atoms. The van der Waals surface area contributed by atoms with Gasteiger partial charge in [0.25, 0.3) is 0 Å². The van der Waals surface area contributed by atoms with Gasteiger partial charge < -0.3 is 25.2 Å². The normalized spacial score (nSPS) is 11.6. The monoisotopic (exact) mass is 516 g/mol. The van der Waals surface area contributed by atoms with Crippen molar-refractivity contribution in [1.82, 2.24) is 4.57 Å². The fraction of sp³-hybridized carbons (Fsp3) is 0.333. The van der Waals surface area contributed by atoms with Crippen LogP contribution in [0.15, 0.2) is 60.8 Å². The number of amides is 2. The summed E-state index contributed by atoms with van der Waals surface area (Å²) < 4.78 is 40.8. The summed E-state index contributed by atoms with van der Waals surface area (Å²) in [7, 11) is 0. The van der Waals surface area contributed by atoms with E-state index in [1.165, 1.54) is 22.8 Å². The summed E-state index contributed by atoms with van der Waals surface area (Å²) in [4.78, 5) is 26.7. The number of alkyl halides is 3. The number of nitrogens with one attached hydrogen (secondary N) is 2. The minimum Gasteiger partial charge on any atom is -0.477 e. The first-order valence-corrected chi connectivity index (χ1v) is 11.9. The molecule has 0 aliphatic rings. The first-order valence-electron chi connectivity index (χ1n) is 11.9. The fourth-order valence-corrected chi connectivity index (χ4v) is 4.04. The Hall–Kier alpha value is -3.95. The first kappa shape index (κ1) is 27.6. The molecule has 0 saturated heterocycles. The van der Waals surface area contributed by atoms with Gasteiger partial charge in [0.2, 0.25) is 0 Å². The molecule has 1 heterocycles. The molecule has 0 aliphatic carbocycles. The summed E-state index contributed by atoms with van der Waals surface area (Å²) in [5.41, 5.74) is 0.789. The number of nitrogens with zero attached hydrogens (tertiary/aromatic N) is 2. The quantitative estimate of drug-likeness (QED) is 0.287. The fourth-order valence-electron chi connectivity index (χ4n) is 4.04. The molecule has 7 nitrogen and oxygen atoms in total.